The van der Waals surface area contributed by atoms with Crippen molar-refractivity contribution in [3.05, 3.63) is 0 Å². The number of rotatable bonds is 4. The minimum atomic E-state index is -0.837. The SMILES string of the molecule is N#CC1(C(=O)NCCC(=O)N2CCCC2)CCCC1. The Kier molecular flexibility index (Phi) is 4.41. The largest absolute Gasteiger partial charge is 0.354 e. The topological polar surface area (TPSA) is 73.2 Å². The first-order valence-corrected chi connectivity index (χ1v) is 7.15. The highest BCUT2D eigenvalue weighted by molar-refractivity contribution is 5.86. The Morgan fingerprint density at radius 3 is 2.37 bits per heavy atom. The fourth-order valence-electron chi connectivity index (χ4n) is 2.94. The van der Waals surface area contributed by atoms with E-state index in [0.717, 1.165) is 38.8 Å². The van der Waals surface area contributed by atoms with Gasteiger partial charge in [-0.25, -0.2) is 0 Å². The fourth-order valence-corrected chi connectivity index (χ4v) is 2.94. The third kappa shape index (κ3) is 3.06. The van der Waals surface area contributed by atoms with Crippen LogP contribution in [0.1, 0.15) is 44.9 Å². The van der Waals surface area contributed by atoms with E-state index in [1.807, 2.05) is 4.90 Å². The Morgan fingerprint density at radius 2 is 1.79 bits per heavy atom. The quantitative estimate of drug-likeness (QED) is 0.828. The summed E-state index contributed by atoms with van der Waals surface area (Å²) in [7, 11) is 0. The predicted molar refractivity (Wildman–Crippen MR) is 70.0 cm³/mol. The lowest BCUT2D eigenvalue weighted by Gasteiger charge is -2.20. The second-order valence-electron chi connectivity index (χ2n) is 5.49. The van der Waals surface area contributed by atoms with Crippen molar-refractivity contribution in [3.8, 4) is 6.07 Å². The zero-order chi connectivity index (χ0) is 13.7. The highest BCUT2D eigenvalue weighted by Gasteiger charge is 2.41. The number of nitriles is 1. The van der Waals surface area contributed by atoms with Crippen molar-refractivity contribution in [1.82, 2.24) is 10.2 Å². The van der Waals surface area contributed by atoms with E-state index < -0.39 is 5.41 Å². The molecular weight excluding hydrogens is 242 g/mol. The van der Waals surface area contributed by atoms with Gasteiger partial charge in [0, 0.05) is 26.1 Å². The molecule has 0 spiro atoms. The van der Waals surface area contributed by atoms with Crippen molar-refractivity contribution in [2.45, 2.75) is 44.9 Å². The number of amides is 2. The van der Waals surface area contributed by atoms with E-state index in [-0.39, 0.29) is 11.8 Å². The molecule has 5 nitrogen and oxygen atoms in total. The van der Waals surface area contributed by atoms with Gasteiger partial charge in [-0.05, 0) is 25.7 Å². The van der Waals surface area contributed by atoms with Gasteiger partial charge in [0.05, 0.1) is 6.07 Å². The molecule has 2 rings (SSSR count). The van der Waals surface area contributed by atoms with E-state index in [2.05, 4.69) is 11.4 Å². The van der Waals surface area contributed by atoms with E-state index in [1.165, 1.54) is 0 Å². The van der Waals surface area contributed by atoms with Crippen molar-refractivity contribution in [3.63, 3.8) is 0 Å². The van der Waals surface area contributed by atoms with Gasteiger partial charge in [0.2, 0.25) is 11.8 Å². The molecule has 2 aliphatic rings. The number of likely N-dealkylation sites (tertiary alicyclic amines) is 1. The number of nitrogens with one attached hydrogen (secondary N) is 1. The van der Waals surface area contributed by atoms with Crippen LogP contribution in [0.15, 0.2) is 0 Å². The molecule has 1 heterocycles. The van der Waals surface area contributed by atoms with Gasteiger partial charge < -0.3 is 10.2 Å². The van der Waals surface area contributed by atoms with Crippen molar-refractivity contribution < 1.29 is 9.59 Å². The molecule has 1 aliphatic heterocycles. The molecule has 2 amide bonds. The second kappa shape index (κ2) is 6.05. The van der Waals surface area contributed by atoms with Crippen molar-refractivity contribution in [2.24, 2.45) is 5.41 Å². The number of carbonyl (C=O) groups excluding carboxylic acids is 2. The van der Waals surface area contributed by atoms with Crippen LogP contribution in [0.25, 0.3) is 0 Å². The standard InChI is InChI=1S/C14H21N3O2/c15-11-14(6-1-2-7-14)13(19)16-8-5-12(18)17-9-3-4-10-17/h1-10H2,(H,16,19). The first kappa shape index (κ1) is 13.9. The van der Waals surface area contributed by atoms with Gasteiger partial charge in [0.25, 0.3) is 0 Å². The normalized spacial score (nSPS) is 21.1. The molecular formula is C14H21N3O2. The monoisotopic (exact) mass is 263 g/mol. The van der Waals surface area contributed by atoms with Gasteiger partial charge in [0.15, 0.2) is 0 Å². The number of nitrogens with zero attached hydrogens (tertiary/aromatic N) is 2. The maximum absolute atomic E-state index is 12.0. The molecule has 0 unspecified atom stereocenters. The van der Waals surface area contributed by atoms with Gasteiger partial charge in [-0.15, -0.1) is 0 Å². The van der Waals surface area contributed by atoms with E-state index in [0.29, 0.717) is 25.8 Å². The smallest absolute Gasteiger partial charge is 0.240 e. The molecule has 0 aromatic heterocycles. The van der Waals surface area contributed by atoms with Crippen LogP contribution >= 0.6 is 0 Å². The van der Waals surface area contributed by atoms with Crippen molar-refractivity contribution >= 4 is 11.8 Å². The molecule has 5 heteroatoms. The highest BCUT2D eigenvalue weighted by atomic mass is 16.2. The van der Waals surface area contributed by atoms with Crippen molar-refractivity contribution in [1.29, 1.82) is 5.26 Å². The van der Waals surface area contributed by atoms with Crippen LogP contribution in [0, 0.1) is 16.7 Å². The molecule has 1 saturated carbocycles. The summed E-state index contributed by atoms with van der Waals surface area (Å²) in [6.07, 6.45) is 5.67. The van der Waals surface area contributed by atoms with Gasteiger partial charge in [-0.1, -0.05) is 12.8 Å². The van der Waals surface area contributed by atoms with Crippen molar-refractivity contribution in [2.75, 3.05) is 19.6 Å². The fraction of sp³-hybridized carbons (Fsp3) is 0.786. The van der Waals surface area contributed by atoms with Crippen LogP contribution < -0.4 is 5.32 Å². The number of carbonyl (C=O) groups is 2. The second-order valence-corrected chi connectivity index (χ2v) is 5.49. The van der Waals surface area contributed by atoms with Gasteiger partial charge in [0.1, 0.15) is 5.41 Å². The highest BCUT2D eigenvalue weighted by Crippen LogP contribution is 2.37. The molecule has 0 atom stereocenters. The lowest BCUT2D eigenvalue weighted by atomic mass is 9.87. The molecule has 1 aliphatic carbocycles. The van der Waals surface area contributed by atoms with E-state index in [1.54, 1.807) is 0 Å². The third-order valence-corrected chi connectivity index (χ3v) is 4.19. The molecule has 1 saturated heterocycles. The van der Waals surface area contributed by atoms with Gasteiger partial charge in [-0.2, -0.15) is 5.26 Å². The minimum Gasteiger partial charge on any atom is -0.354 e. The summed E-state index contributed by atoms with van der Waals surface area (Å²) in [5.41, 5.74) is -0.837. The molecule has 0 aromatic carbocycles. The Hall–Kier alpha value is -1.57. The van der Waals surface area contributed by atoms with Crippen LogP contribution in [0.5, 0.6) is 0 Å². The van der Waals surface area contributed by atoms with E-state index in [4.69, 9.17) is 0 Å². The summed E-state index contributed by atoms with van der Waals surface area (Å²) in [4.78, 5) is 25.7. The summed E-state index contributed by atoms with van der Waals surface area (Å²) in [6.45, 7) is 2.03. The Morgan fingerprint density at radius 1 is 1.16 bits per heavy atom. The lowest BCUT2D eigenvalue weighted by Crippen LogP contribution is -2.40. The Labute approximate surface area is 113 Å². The molecule has 0 aromatic rings. The first-order chi connectivity index (χ1) is 9.18. The van der Waals surface area contributed by atoms with Crippen LogP contribution in [-0.4, -0.2) is 36.3 Å². The maximum Gasteiger partial charge on any atom is 0.240 e. The summed E-state index contributed by atoms with van der Waals surface area (Å²) >= 11 is 0. The minimum absolute atomic E-state index is 0.107. The summed E-state index contributed by atoms with van der Waals surface area (Å²) in [5.74, 6) is -0.0862. The maximum atomic E-state index is 12.0. The number of hydrogen-bond acceptors (Lipinski definition) is 3. The molecule has 1 N–H and O–H groups in total. The van der Waals surface area contributed by atoms with Gasteiger partial charge >= 0.3 is 0 Å². The first-order valence-electron chi connectivity index (χ1n) is 7.15. The third-order valence-electron chi connectivity index (χ3n) is 4.19. The molecule has 104 valence electrons. The van der Waals surface area contributed by atoms with Crippen LogP contribution in [-0.2, 0) is 9.59 Å². The van der Waals surface area contributed by atoms with Crippen LogP contribution in [0.2, 0.25) is 0 Å². The molecule has 0 bridgehead atoms. The zero-order valence-corrected chi connectivity index (χ0v) is 11.3. The zero-order valence-electron chi connectivity index (χ0n) is 11.3. The molecule has 2 fully saturated rings. The number of hydrogen-bond donors (Lipinski definition) is 1. The lowest BCUT2D eigenvalue weighted by molar-refractivity contribution is -0.130. The predicted octanol–water partition coefficient (Wildman–Crippen LogP) is 1.20. The molecule has 19 heavy (non-hydrogen) atoms. The Balaban J connectivity index is 1.74. The summed E-state index contributed by atoms with van der Waals surface area (Å²) in [5, 5.41) is 11.9. The van der Waals surface area contributed by atoms with E-state index in [9.17, 15) is 14.9 Å². The van der Waals surface area contributed by atoms with Crippen LogP contribution in [0.3, 0.4) is 0 Å². The Bertz CT molecular complexity index is 388. The average molecular weight is 263 g/mol. The van der Waals surface area contributed by atoms with Gasteiger partial charge in [-0.3, -0.25) is 9.59 Å². The molecule has 0 radical (unpaired) electrons. The van der Waals surface area contributed by atoms with E-state index >= 15 is 0 Å². The van der Waals surface area contributed by atoms with Crippen LogP contribution in [0.4, 0.5) is 0 Å². The average Bonchev–Trinajstić information content (AvgIpc) is 3.10. The summed E-state index contributed by atoms with van der Waals surface area (Å²) < 4.78 is 0. The summed E-state index contributed by atoms with van der Waals surface area (Å²) in [6, 6.07) is 2.16.